The van der Waals surface area contributed by atoms with Gasteiger partial charge < -0.3 is 14.8 Å². The number of amides is 1. The molecule has 0 spiro atoms. The van der Waals surface area contributed by atoms with E-state index >= 15 is 0 Å². The Balaban J connectivity index is 1.48. The highest BCUT2D eigenvalue weighted by Gasteiger charge is 2.30. The van der Waals surface area contributed by atoms with Gasteiger partial charge >= 0.3 is 0 Å². The summed E-state index contributed by atoms with van der Waals surface area (Å²) >= 11 is 0. The lowest BCUT2D eigenvalue weighted by atomic mass is 10.0. The summed E-state index contributed by atoms with van der Waals surface area (Å²) in [4.78, 5) is 19.8. The topological polar surface area (TPSA) is 50.2 Å². The highest BCUT2D eigenvalue weighted by molar-refractivity contribution is 5.78. The van der Waals surface area contributed by atoms with Gasteiger partial charge in [-0.3, -0.25) is 4.79 Å². The molecular formula is C22H26N4O. The number of aromatic nitrogens is 2. The minimum atomic E-state index is 0.0698. The Kier molecular flexibility index (Phi) is 5.10. The van der Waals surface area contributed by atoms with Crippen molar-refractivity contribution in [1.82, 2.24) is 14.5 Å². The van der Waals surface area contributed by atoms with Crippen molar-refractivity contribution in [2.24, 2.45) is 7.05 Å². The van der Waals surface area contributed by atoms with Gasteiger partial charge in [0.1, 0.15) is 5.82 Å². The summed E-state index contributed by atoms with van der Waals surface area (Å²) in [5, 5.41) is 3.33. The Morgan fingerprint density at radius 1 is 1.11 bits per heavy atom. The molecule has 1 unspecified atom stereocenters. The molecule has 4 rings (SSSR count). The number of carbonyl (C=O) groups is 1. The zero-order valence-electron chi connectivity index (χ0n) is 15.8. The standard InChI is InChI=1S/C22H26N4O/c1-25-19-12-6-5-11-18(19)24-22(25)20-13-7-8-16-26(20)21(27)14-15-23-17-9-3-2-4-10-17/h2-6,9-12,20,23H,7-8,13-16H2,1H3. The van der Waals surface area contributed by atoms with Crippen LogP contribution in [0.15, 0.2) is 54.6 Å². The van der Waals surface area contributed by atoms with E-state index in [2.05, 4.69) is 23.0 Å². The lowest BCUT2D eigenvalue weighted by molar-refractivity contribution is -0.135. The summed E-state index contributed by atoms with van der Waals surface area (Å²) in [6.07, 6.45) is 3.68. The summed E-state index contributed by atoms with van der Waals surface area (Å²) in [5.74, 6) is 1.20. The first-order valence-electron chi connectivity index (χ1n) is 9.74. The number of nitrogens with one attached hydrogen (secondary N) is 1. The Labute approximate surface area is 160 Å². The van der Waals surface area contributed by atoms with E-state index in [9.17, 15) is 4.79 Å². The molecule has 1 aliphatic heterocycles. The minimum absolute atomic E-state index is 0.0698. The fourth-order valence-corrected chi connectivity index (χ4v) is 3.97. The van der Waals surface area contributed by atoms with Gasteiger partial charge in [-0.2, -0.15) is 0 Å². The quantitative estimate of drug-likeness (QED) is 0.742. The molecular weight excluding hydrogens is 336 g/mol. The van der Waals surface area contributed by atoms with Crippen molar-refractivity contribution in [2.45, 2.75) is 31.7 Å². The molecule has 0 aliphatic carbocycles. The second-order valence-corrected chi connectivity index (χ2v) is 7.16. The van der Waals surface area contributed by atoms with Gasteiger partial charge in [0.15, 0.2) is 0 Å². The number of benzene rings is 2. The van der Waals surface area contributed by atoms with Gasteiger partial charge in [0.25, 0.3) is 0 Å². The highest BCUT2D eigenvalue weighted by atomic mass is 16.2. The Morgan fingerprint density at radius 3 is 2.70 bits per heavy atom. The van der Waals surface area contributed by atoms with Crippen LogP contribution < -0.4 is 5.32 Å². The van der Waals surface area contributed by atoms with Crippen molar-refractivity contribution in [2.75, 3.05) is 18.4 Å². The first kappa shape index (κ1) is 17.6. The van der Waals surface area contributed by atoms with Crippen molar-refractivity contribution in [3.05, 3.63) is 60.4 Å². The SMILES string of the molecule is Cn1c(C2CCCCN2C(=O)CCNc2ccccc2)nc2ccccc21. The molecule has 1 N–H and O–H groups in total. The van der Waals surface area contributed by atoms with Gasteiger partial charge in [0.2, 0.25) is 5.91 Å². The number of imidazole rings is 1. The van der Waals surface area contributed by atoms with Crippen molar-refractivity contribution in [3.8, 4) is 0 Å². The molecule has 27 heavy (non-hydrogen) atoms. The molecule has 3 aromatic rings. The van der Waals surface area contributed by atoms with Gasteiger partial charge in [-0.1, -0.05) is 30.3 Å². The molecule has 1 saturated heterocycles. The second kappa shape index (κ2) is 7.82. The van der Waals surface area contributed by atoms with Gasteiger partial charge in [-0.15, -0.1) is 0 Å². The average Bonchev–Trinajstić information content (AvgIpc) is 3.05. The molecule has 5 nitrogen and oxygen atoms in total. The number of hydrogen-bond donors (Lipinski definition) is 1. The maximum Gasteiger partial charge on any atom is 0.224 e. The molecule has 1 fully saturated rings. The first-order valence-corrected chi connectivity index (χ1v) is 9.74. The van der Waals surface area contributed by atoms with Crippen LogP contribution in [0, 0.1) is 0 Å². The Morgan fingerprint density at radius 2 is 1.89 bits per heavy atom. The van der Waals surface area contributed by atoms with Crippen LogP contribution in [0.5, 0.6) is 0 Å². The van der Waals surface area contributed by atoms with E-state index in [4.69, 9.17) is 4.98 Å². The zero-order valence-corrected chi connectivity index (χ0v) is 15.8. The normalized spacial score (nSPS) is 17.2. The lowest BCUT2D eigenvalue weighted by Gasteiger charge is -2.35. The third kappa shape index (κ3) is 3.68. The number of carbonyl (C=O) groups excluding carboxylic acids is 1. The zero-order chi connectivity index (χ0) is 18.6. The summed E-state index contributed by atoms with van der Waals surface area (Å²) < 4.78 is 2.15. The largest absolute Gasteiger partial charge is 0.385 e. The maximum absolute atomic E-state index is 12.9. The predicted molar refractivity (Wildman–Crippen MR) is 109 cm³/mol. The van der Waals surface area contributed by atoms with Gasteiger partial charge in [0, 0.05) is 32.2 Å². The van der Waals surface area contributed by atoms with Crippen molar-refractivity contribution >= 4 is 22.6 Å². The van der Waals surface area contributed by atoms with Crippen molar-refractivity contribution in [1.29, 1.82) is 0 Å². The van der Waals surface area contributed by atoms with Crippen LogP contribution in [0.2, 0.25) is 0 Å². The van der Waals surface area contributed by atoms with Crippen LogP contribution >= 0.6 is 0 Å². The third-order valence-corrected chi connectivity index (χ3v) is 5.38. The molecule has 140 valence electrons. The summed E-state index contributed by atoms with van der Waals surface area (Å²) in [5.41, 5.74) is 3.17. The van der Waals surface area contributed by atoms with Crippen LogP contribution in [0.3, 0.4) is 0 Å². The number of likely N-dealkylation sites (tertiary alicyclic amines) is 1. The summed E-state index contributed by atoms with van der Waals surface area (Å²) in [7, 11) is 2.05. The van der Waals surface area contributed by atoms with Crippen LogP contribution in [-0.4, -0.2) is 33.4 Å². The number of hydrogen-bond acceptors (Lipinski definition) is 3. The molecule has 1 atom stereocenters. The van der Waals surface area contributed by atoms with Gasteiger partial charge in [-0.25, -0.2) is 4.98 Å². The van der Waals surface area contributed by atoms with Crippen LogP contribution in [0.25, 0.3) is 11.0 Å². The van der Waals surface area contributed by atoms with E-state index in [-0.39, 0.29) is 11.9 Å². The molecule has 1 aromatic heterocycles. The third-order valence-electron chi connectivity index (χ3n) is 5.38. The fourth-order valence-electron chi connectivity index (χ4n) is 3.97. The number of para-hydroxylation sites is 3. The molecule has 1 amide bonds. The van der Waals surface area contributed by atoms with Gasteiger partial charge in [-0.05, 0) is 43.5 Å². The van der Waals surface area contributed by atoms with Crippen LogP contribution in [-0.2, 0) is 11.8 Å². The van der Waals surface area contributed by atoms with Gasteiger partial charge in [0.05, 0.1) is 17.1 Å². The second-order valence-electron chi connectivity index (χ2n) is 7.16. The van der Waals surface area contributed by atoms with Crippen molar-refractivity contribution in [3.63, 3.8) is 0 Å². The number of aryl methyl sites for hydroxylation is 1. The predicted octanol–water partition coefficient (Wildman–Crippen LogP) is 4.13. The molecule has 0 saturated carbocycles. The van der Waals surface area contributed by atoms with E-state index in [0.29, 0.717) is 13.0 Å². The number of rotatable bonds is 5. The fraction of sp³-hybridized carbons (Fsp3) is 0.364. The number of fused-ring (bicyclic) bond motifs is 1. The van der Waals surface area contributed by atoms with E-state index < -0.39 is 0 Å². The number of nitrogens with zero attached hydrogens (tertiary/aromatic N) is 3. The minimum Gasteiger partial charge on any atom is -0.385 e. The molecule has 2 aromatic carbocycles. The molecule has 5 heteroatoms. The highest BCUT2D eigenvalue weighted by Crippen LogP contribution is 2.32. The van der Waals surface area contributed by atoms with E-state index in [1.165, 1.54) is 0 Å². The van der Waals surface area contributed by atoms with Crippen LogP contribution in [0.1, 0.15) is 37.5 Å². The summed E-state index contributed by atoms with van der Waals surface area (Å²) in [6.45, 7) is 1.46. The molecule has 2 heterocycles. The summed E-state index contributed by atoms with van der Waals surface area (Å²) in [6, 6.07) is 18.3. The maximum atomic E-state index is 12.9. The van der Waals surface area contributed by atoms with E-state index in [1.54, 1.807) is 0 Å². The number of piperidine rings is 1. The Hall–Kier alpha value is -2.82. The monoisotopic (exact) mass is 362 g/mol. The number of anilines is 1. The van der Waals surface area contributed by atoms with E-state index in [0.717, 1.165) is 48.4 Å². The first-order chi connectivity index (χ1) is 13.2. The molecule has 0 radical (unpaired) electrons. The lowest BCUT2D eigenvalue weighted by Crippen LogP contribution is -2.40. The molecule has 1 aliphatic rings. The van der Waals surface area contributed by atoms with Crippen molar-refractivity contribution < 1.29 is 4.79 Å². The smallest absolute Gasteiger partial charge is 0.224 e. The van der Waals surface area contributed by atoms with Crippen LogP contribution in [0.4, 0.5) is 5.69 Å². The molecule has 0 bridgehead atoms. The Bertz CT molecular complexity index is 918. The van der Waals surface area contributed by atoms with E-state index in [1.807, 2.05) is 53.4 Å². The average molecular weight is 362 g/mol.